The molecular formula is C16H20N2O4S2. The summed E-state index contributed by atoms with van der Waals surface area (Å²) in [7, 11) is 0.602. The van der Waals surface area contributed by atoms with E-state index in [-0.39, 0.29) is 10.8 Å². The molecule has 8 heteroatoms. The maximum absolute atomic E-state index is 12.5. The van der Waals surface area contributed by atoms with Crippen LogP contribution in [-0.2, 0) is 21.4 Å². The van der Waals surface area contributed by atoms with Crippen LogP contribution in [0.5, 0.6) is 0 Å². The normalized spacial score (nSPS) is 11.7. The molecule has 0 fully saturated rings. The first-order valence-electron chi connectivity index (χ1n) is 7.19. The van der Waals surface area contributed by atoms with Crippen molar-refractivity contribution in [3.05, 3.63) is 51.7 Å². The molecule has 0 unspecified atom stereocenters. The number of hydrogen-bond donors (Lipinski definition) is 0. The minimum Gasteiger partial charge on any atom is -0.337 e. The standard InChI is InChI=1S/C16H20N2O4S2/c1-12-9-10-23-15(12)11-17(2)16(19)13-5-7-14(8-6-13)24(20,21)18(3)22-4/h5-10H,11H2,1-4H3. The smallest absolute Gasteiger partial charge is 0.264 e. The summed E-state index contributed by atoms with van der Waals surface area (Å²) in [5.41, 5.74) is 1.59. The average molecular weight is 368 g/mol. The second-order valence-electron chi connectivity index (χ2n) is 5.31. The van der Waals surface area contributed by atoms with Crippen molar-refractivity contribution in [3.8, 4) is 0 Å². The van der Waals surface area contributed by atoms with Crippen LogP contribution < -0.4 is 0 Å². The Hall–Kier alpha value is -1.74. The largest absolute Gasteiger partial charge is 0.337 e. The first kappa shape index (κ1) is 18.6. The highest BCUT2D eigenvalue weighted by molar-refractivity contribution is 7.89. The Balaban J connectivity index is 2.15. The van der Waals surface area contributed by atoms with Gasteiger partial charge < -0.3 is 4.90 Å². The minimum atomic E-state index is -3.71. The Kier molecular flexibility index (Phi) is 5.76. The van der Waals surface area contributed by atoms with Crippen LogP contribution in [0.4, 0.5) is 0 Å². The predicted octanol–water partition coefficient (Wildman–Crippen LogP) is 2.51. The molecule has 0 aliphatic heterocycles. The van der Waals surface area contributed by atoms with Gasteiger partial charge in [0.15, 0.2) is 0 Å². The van der Waals surface area contributed by atoms with Gasteiger partial charge in [-0.3, -0.25) is 9.63 Å². The highest BCUT2D eigenvalue weighted by Crippen LogP contribution is 2.19. The van der Waals surface area contributed by atoms with E-state index in [0.717, 1.165) is 14.9 Å². The molecule has 1 amide bonds. The lowest BCUT2D eigenvalue weighted by molar-refractivity contribution is -0.0258. The maximum atomic E-state index is 12.5. The van der Waals surface area contributed by atoms with Crippen molar-refractivity contribution in [2.24, 2.45) is 0 Å². The molecule has 6 nitrogen and oxygen atoms in total. The summed E-state index contributed by atoms with van der Waals surface area (Å²) in [6.07, 6.45) is 0. The van der Waals surface area contributed by atoms with Crippen molar-refractivity contribution < 1.29 is 18.0 Å². The minimum absolute atomic E-state index is 0.0696. The van der Waals surface area contributed by atoms with Crippen LogP contribution >= 0.6 is 11.3 Å². The first-order valence-corrected chi connectivity index (χ1v) is 9.51. The van der Waals surface area contributed by atoms with Crippen molar-refractivity contribution in [1.82, 2.24) is 9.37 Å². The van der Waals surface area contributed by atoms with Crippen LogP contribution in [0.1, 0.15) is 20.8 Å². The molecule has 130 valence electrons. The van der Waals surface area contributed by atoms with E-state index in [1.54, 1.807) is 23.3 Å². The molecule has 0 saturated heterocycles. The van der Waals surface area contributed by atoms with Crippen molar-refractivity contribution >= 4 is 27.3 Å². The third kappa shape index (κ3) is 3.84. The van der Waals surface area contributed by atoms with Crippen LogP contribution in [-0.4, -0.2) is 44.9 Å². The third-order valence-electron chi connectivity index (χ3n) is 3.69. The van der Waals surface area contributed by atoms with E-state index in [1.165, 1.54) is 38.4 Å². The summed E-state index contributed by atoms with van der Waals surface area (Å²) in [6.45, 7) is 2.53. The molecule has 0 aliphatic rings. The number of carbonyl (C=O) groups excluding carboxylic acids is 1. The highest BCUT2D eigenvalue weighted by atomic mass is 32.2. The number of thiophene rings is 1. The van der Waals surface area contributed by atoms with E-state index in [4.69, 9.17) is 4.84 Å². The van der Waals surface area contributed by atoms with Gasteiger partial charge in [0.25, 0.3) is 15.9 Å². The summed E-state index contributed by atoms with van der Waals surface area (Å²) in [4.78, 5) is 20.0. The molecule has 0 atom stereocenters. The Labute approximate surface area is 146 Å². The molecular weight excluding hydrogens is 348 g/mol. The molecule has 1 aromatic heterocycles. The summed E-state index contributed by atoms with van der Waals surface area (Å²) in [6, 6.07) is 7.85. The molecule has 0 bridgehead atoms. The van der Waals surface area contributed by atoms with Crippen LogP contribution in [0.25, 0.3) is 0 Å². The van der Waals surface area contributed by atoms with Crippen LogP contribution in [0, 0.1) is 6.92 Å². The fraction of sp³-hybridized carbons (Fsp3) is 0.312. The lowest BCUT2D eigenvalue weighted by Crippen LogP contribution is -2.27. The maximum Gasteiger partial charge on any atom is 0.264 e. The number of benzene rings is 1. The van der Waals surface area contributed by atoms with Gasteiger partial charge in [0.2, 0.25) is 0 Å². The van der Waals surface area contributed by atoms with E-state index in [2.05, 4.69) is 0 Å². The summed E-state index contributed by atoms with van der Waals surface area (Å²) >= 11 is 1.61. The number of aryl methyl sites for hydroxylation is 1. The zero-order valence-corrected chi connectivity index (χ0v) is 15.6. The molecule has 0 radical (unpaired) electrons. The van der Waals surface area contributed by atoms with Gasteiger partial charge in [0.1, 0.15) is 0 Å². The van der Waals surface area contributed by atoms with Gasteiger partial charge in [0.05, 0.1) is 18.6 Å². The number of hydrogen-bond acceptors (Lipinski definition) is 5. The Morgan fingerprint density at radius 3 is 2.29 bits per heavy atom. The highest BCUT2D eigenvalue weighted by Gasteiger charge is 2.21. The third-order valence-corrected chi connectivity index (χ3v) is 6.39. The molecule has 2 rings (SSSR count). The van der Waals surface area contributed by atoms with Gasteiger partial charge >= 0.3 is 0 Å². The van der Waals surface area contributed by atoms with Crippen molar-refractivity contribution in [1.29, 1.82) is 0 Å². The van der Waals surface area contributed by atoms with Crippen LogP contribution in [0.3, 0.4) is 0 Å². The molecule has 0 spiro atoms. The molecule has 0 saturated carbocycles. The van der Waals surface area contributed by atoms with E-state index >= 15 is 0 Å². The zero-order valence-electron chi connectivity index (χ0n) is 14.0. The van der Waals surface area contributed by atoms with Gasteiger partial charge in [-0.25, -0.2) is 8.42 Å². The lowest BCUT2D eigenvalue weighted by Gasteiger charge is -2.18. The van der Waals surface area contributed by atoms with Gasteiger partial charge in [0, 0.05) is 24.5 Å². The number of amides is 1. The van der Waals surface area contributed by atoms with Crippen LogP contribution in [0.2, 0.25) is 0 Å². The van der Waals surface area contributed by atoms with Gasteiger partial charge in [-0.15, -0.1) is 11.3 Å². The predicted molar refractivity (Wildman–Crippen MR) is 93.3 cm³/mol. The molecule has 2 aromatic rings. The first-order chi connectivity index (χ1) is 11.3. The Morgan fingerprint density at radius 2 is 1.79 bits per heavy atom. The Bertz CT molecular complexity index is 813. The van der Waals surface area contributed by atoms with E-state index in [0.29, 0.717) is 12.1 Å². The quantitative estimate of drug-likeness (QED) is 0.735. The summed E-state index contributed by atoms with van der Waals surface area (Å²) in [5, 5.41) is 1.99. The molecule has 0 N–H and O–H groups in total. The second-order valence-corrected chi connectivity index (χ2v) is 8.25. The number of sulfonamides is 1. The second kappa shape index (κ2) is 7.43. The molecule has 1 aromatic carbocycles. The van der Waals surface area contributed by atoms with Gasteiger partial charge in [-0.05, 0) is 48.2 Å². The zero-order chi connectivity index (χ0) is 17.9. The fourth-order valence-corrected chi connectivity index (χ4v) is 4.02. The lowest BCUT2D eigenvalue weighted by atomic mass is 10.2. The Morgan fingerprint density at radius 1 is 1.17 bits per heavy atom. The number of carbonyl (C=O) groups is 1. The van der Waals surface area contributed by atoms with E-state index in [9.17, 15) is 13.2 Å². The molecule has 1 heterocycles. The van der Waals surface area contributed by atoms with E-state index in [1.807, 2.05) is 18.4 Å². The number of rotatable bonds is 6. The van der Waals surface area contributed by atoms with Crippen molar-refractivity contribution in [3.63, 3.8) is 0 Å². The van der Waals surface area contributed by atoms with Crippen molar-refractivity contribution in [2.75, 3.05) is 21.2 Å². The number of hydroxylamine groups is 1. The fourth-order valence-electron chi connectivity index (χ4n) is 2.09. The van der Waals surface area contributed by atoms with Gasteiger partial charge in [-0.1, -0.05) is 4.47 Å². The van der Waals surface area contributed by atoms with Crippen LogP contribution in [0.15, 0.2) is 40.6 Å². The summed E-state index contributed by atoms with van der Waals surface area (Å²) in [5.74, 6) is -0.160. The monoisotopic (exact) mass is 368 g/mol. The van der Waals surface area contributed by atoms with Crippen molar-refractivity contribution in [2.45, 2.75) is 18.4 Å². The molecule has 24 heavy (non-hydrogen) atoms. The summed E-state index contributed by atoms with van der Waals surface area (Å²) < 4.78 is 25.0. The topological polar surface area (TPSA) is 66.9 Å². The SMILES string of the molecule is CON(C)S(=O)(=O)c1ccc(C(=O)N(C)Cc2sccc2C)cc1. The molecule has 0 aliphatic carbocycles. The van der Waals surface area contributed by atoms with E-state index < -0.39 is 10.0 Å². The number of nitrogens with zero attached hydrogens (tertiary/aromatic N) is 2. The van der Waals surface area contributed by atoms with Gasteiger partial charge in [-0.2, -0.15) is 0 Å². The average Bonchev–Trinajstić information content (AvgIpc) is 2.98.